The van der Waals surface area contributed by atoms with Gasteiger partial charge in [0.25, 0.3) is 0 Å². The van der Waals surface area contributed by atoms with Crippen LogP contribution in [0, 0.1) is 0 Å². The highest BCUT2D eigenvalue weighted by molar-refractivity contribution is 7.14. The molecule has 1 amide bonds. The Kier molecular flexibility index (Phi) is 5.46. The van der Waals surface area contributed by atoms with Crippen LogP contribution in [0.5, 0.6) is 5.75 Å². The van der Waals surface area contributed by atoms with Gasteiger partial charge in [-0.1, -0.05) is 42.5 Å². The number of carbonyl (C=O) groups excluding carboxylic acids is 1. The summed E-state index contributed by atoms with van der Waals surface area (Å²) in [5.74, 6) is 0.734. The largest absolute Gasteiger partial charge is 0.491 e. The molecule has 25 heavy (non-hydrogen) atoms. The Morgan fingerprint density at radius 2 is 1.84 bits per heavy atom. The summed E-state index contributed by atoms with van der Waals surface area (Å²) in [6.07, 6.45) is 0.445. The molecule has 5 heteroatoms. The minimum atomic E-state index is -0.0773. The highest BCUT2D eigenvalue weighted by Crippen LogP contribution is 2.24. The summed E-state index contributed by atoms with van der Waals surface area (Å²) in [5.41, 5.74) is 2.85. The number of nitrogens with zero attached hydrogens (tertiary/aromatic N) is 1. The molecule has 2 aromatic carbocycles. The molecule has 0 radical (unpaired) electrons. The average Bonchev–Trinajstić information content (AvgIpc) is 3.05. The quantitative estimate of drug-likeness (QED) is 0.695. The zero-order chi connectivity index (χ0) is 17.6. The van der Waals surface area contributed by atoms with Crippen molar-refractivity contribution in [2.45, 2.75) is 26.4 Å². The third kappa shape index (κ3) is 4.90. The third-order valence-corrected chi connectivity index (χ3v) is 4.24. The maximum Gasteiger partial charge on any atom is 0.230 e. The molecule has 3 rings (SSSR count). The van der Waals surface area contributed by atoms with E-state index in [0.29, 0.717) is 11.6 Å². The zero-order valence-electron chi connectivity index (χ0n) is 14.2. The van der Waals surface area contributed by atoms with E-state index in [2.05, 4.69) is 10.3 Å². The first kappa shape index (κ1) is 17.2. The van der Waals surface area contributed by atoms with Crippen LogP contribution in [-0.4, -0.2) is 17.0 Å². The summed E-state index contributed by atoms with van der Waals surface area (Å²) in [5, 5.41) is 5.43. The second-order valence-electron chi connectivity index (χ2n) is 5.94. The monoisotopic (exact) mass is 352 g/mol. The molecule has 0 spiro atoms. The van der Waals surface area contributed by atoms with Gasteiger partial charge in [-0.2, -0.15) is 0 Å². The van der Waals surface area contributed by atoms with Crippen molar-refractivity contribution in [1.29, 1.82) is 0 Å². The lowest BCUT2D eigenvalue weighted by atomic mass is 10.1. The molecular weight excluding hydrogens is 332 g/mol. The van der Waals surface area contributed by atoms with Gasteiger partial charge in [0.05, 0.1) is 18.2 Å². The van der Waals surface area contributed by atoms with Gasteiger partial charge in [-0.25, -0.2) is 4.98 Å². The highest BCUT2D eigenvalue weighted by atomic mass is 32.1. The minimum Gasteiger partial charge on any atom is -0.491 e. The number of hydrogen-bond donors (Lipinski definition) is 1. The van der Waals surface area contributed by atoms with E-state index in [9.17, 15) is 4.79 Å². The molecule has 3 aromatic rings. The van der Waals surface area contributed by atoms with Gasteiger partial charge in [-0.05, 0) is 31.5 Å². The van der Waals surface area contributed by atoms with Crippen LogP contribution < -0.4 is 10.1 Å². The second kappa shape index (κ2) is 7.94. The number of aromatic nitrogens is 1. The summed E-state index contributed by atoms with van der Waals surface area (Å²) < 4.78 is 5.61. The van der Waals surface area contributed by atoms with Crippen molar-refractivity contribution < 1.29 is 9.53 Å². The number of amides is 1. The molecule has 0 bridgehead atoms. The fourth-order valence-corrected chi connectivity index (χ4v) is 3.12. The van der Waals surface area contributed by atoms with E-state index in [1.165, 1.54) is 11.3 Å². The lowest BCUT2D eigenvalue weighted by molar-refractivity contribution is -0.115. The van der Waals surface area contributed by atoms with E-state index >= 15 is 0 Å². The minimum absolute atomic E-state index is 0.0773. The second-order valence-corrected chi connectivity index (χ2v) is 6.80. The highest BCUT2D eigenvalue weighted by Gasteiger charge is 2.09. The van der Waals surface area contributed by atoms with Crippen LogP contribution in [0.1, 0.15) is 19.4 Å². The van der Waals surface area contributed by atoms with E-state index in [1.807, 2.05) is 73.8 Å². The molecular formula is C20H20N2O2S. The normalized spacial score (nSPS) is 10.7. The lowest BCUT2D eigenvalue weighted by Crippen LogP contribution is -2.14. The first-order chi connectivity index (χ1) is 12.1. The number of nitrogens with one attached hydrogen (secondary N) is 1. The number of rotatable bonds is 6. The number of hydrogen-bond acceptors (Lipinski definition) is 4. The van der Waals surface area contributed by atoms with Gasteiger partial charge in [0.15, 0.2) is 5.13 Å². The SMILES string of the molecule is CC(C)Oc1ccc(CC(=O)Nc2nc(-c3ccccc3)cs2)cc1. The Balaban J connectivity index is 1.58. The first-order valence-corrected chi connectivity index (χ1v) is 9.04. The molecule has 0 saturated heterocycles. The molecule has 1 aromatic heterocycles. The average molecular weight is 352 g/mol. The Hall–Kier alpha value is -2.66. The van der Waals surface area contributed by atoms with Crippen molar-refractivity contribution in [2.24, 2.45) is 0 Å². The molecule has 0 aliphatic heterocycles. The predicted molar refractivity (Wildman–Crippen MR) is 102 cm³/mol. The molecule has 4 nitrogen and oxygen atoms in total. The van der Waals surface area contributed by atoms with Crippen LogP contribution in [0.2, 0.25) is 0 Å². The molecule has 0 saturated carbocycles. The van der Waals surface area contributed by atoms with Crippen LogP contribution in [0.15, 0.2) is 60.0 Å². The maximum atomic E-state index is 12.2. The van der Waals surface area contributed by atoms with Crippen molar-refractivity contribution in [1.82, 2.24) is 4.98 Å². The van der Waals surface area contributed by atoms with Crippen LogP contribution in [0.4, 0.5) is 5.13 Å². The molecule has 1 heterocycles. The van der Waals surface area contributed by atoms with Gasteiger partial charge >= 0.3 is 0 Å². The van der Waals surface area contributed by atoms with Crippen molar-refractivity contribution in [3.05, 3.63) is 65.5 Å². The van der Waals surface area contributed by atoms with Crippen LogP contribution in [-0.2, 0) is 11.2 Å². The van der Waals surface area contributed by atoms with Crippen molar-refractivity contribution in [2.75, 3.05) is 5.32 Å². The standard InChI is InChI=1S/C20H20N2O2S/c1-14(2)24-17-10-8-15(9-11-17)12-19(23)22-20-21-18(13-25-20)16-6-4-3-5-7-16/h3-11,13-14H,12H2,1-2H3,(H,21,22,23). The third-order valence-electron chi connectivity index (χ3n) is 3.48. The first-order valence-electron chi connectivity index (χ1n) is 8.16. The summed E-state index contributed by atoms with van der Waals surface area (Å²) in [6, 6.07) is 17.5. The van der Waals surface area contributed by atoms with Crippen molar-refractivity contribution in [3.8, 4) is 17.0 Å². The van der Waals surface area contributed by atoms with E-state index in [-0.39, 0.29) is 12.0 Å². The van der Waals surface area contributed by atoms with Gasteiger partial charge in [0.1, 0.15) is 5.75 Å². The molecule has 0 unspecified atom stereocenters. The Morgan fingerprint density at radius 1 is 1.12 bits per heavy atom. The number of thiazole rings is 1. The fraction of sp³-hybridized carbons (Fsp3) is 0.200. The molecule has 1 N–H and O–H groups in total. The van der Waals surface area contributed by atoms with E-state index in [4.69, 9.17) is 4.74 Å². The summed E-state index contributed by atoms with van der Waals surface area (Å²) >= 11 is 1.43. The van der Waals surface area contributed by atoms with Gasteiger partial charge in [-0.3, -0.25) is 4.79 Å². The zero-order valence-corrected chi connectivity index (χ0v) is 15.0. The Morgan fingerprint density at radius 3 is 2.52 bits per heavy atom. The molecule has 128 valence electrons. The number of ether oxygens (including phenoxy) is 1. The molecule has 0 aliphatic carbocycles. The summed E-state index contributed by atoms with van der Waals surface area (Å²) in [7, 11) is 0. The maximum absolute atomic E-state index is 12.2. The number of benzene rings is 2. The van der Waals surface area contributed by atoms with Crippen LogP contribution in [0.25, 0.3) is 11.3 Å². The van der Waals surface area contributed by atoms with E-state index in [0.717, 1.165) is 22.6 Å². The van der Waals surface area contributed by atoms with Gasteiger partial charge in [0, 0.05) is 10.9 Å². The van der Waals surface area contributed by atoms with Crippen molar-refractivity contribution in [3.63, 3.8) is 0 Å². The van der Waals surface area contributed by atoms with Gasteiger partial charge < -0.3 is 10.1 Å². The number of anilines is 1. The molecule has 0 atom stereocenters. The summed E-state index contributed by atoms with van der Waals surface area (Å²) in [6.45, 7) is 3.97. The van der Waals surface area contributed by atoms with Crippen molar-refractivity contribution >= 4 is 22.4 Å². The topological polar surface area (TPSA) is 51.2 Å². The molecule has 0 aliphatic rings. The number of carbonyl (C=O) groups is 1. The van der Waals surface area contributed by atoms with Gasteiger partial charge in [-0.15, -0.1) is 11.3 Å². The smallest absolute Gasteiger partial charge is 0.230 e. The lowest BCUT2D eigenvalue weighted by Gasteiger charge is -2.10. The fourth-order valence-electron chi connectivity index (χ4n) is 2.38. The Labute approximate surface area is 151 Å². The van der Waals surface area contributed by atoms with Crippen LogP contribution in [0.3, 0.4) is 0 Å². The van der Waals surface area contributed by atoms with Gasteiger partial charge in [0.2, 0.25) is 5.91 Å². The van der Waals surface area contributed by atoms with E-state index in [1.54, 1.807) is 0 Å². The predicted octanol–water partition coefficient (Wildman–Crippen LogP) is 4.78. The Bertz CT molecular complexity index is 826. The van der Waals surface area contributed by atoms with E-state index < -0.39 is 0 Å². The molecule has 0 fully saturated rings. The summed E-state index contributed by atoms with van der Waals surface area (Å²) in [4.78, 5) is 16.7. The van der Waals surface area contributed by atoms with Crippen LogP contribution >= 0.6 is 11.3 Å².